The lowest BCUT2D eigenvalue weighted by atomic mass is 9.98. The molecule has 0 saturated carbocycles. The van der Waals surface area contributed by atoms with Crippen molar-refractivity contribution in [3.63, 3.8) is 0 Å². The van der Waals surface area contributed by atoms with Crippen LogP contribution in [0.1, 0.15) is 6.92 Å². The smallest absolute Gasteiger partial charge is 0.273 e. The molecule has 1 saturated heterocycles. The number of carbonyl (C=O) groups is 4. The van der Waals surface area contributed by atoms with Crippen molar-refractivity contribution < 1.29 is 19.2 Å². The van der Waals surface area contributed by atoms with Crippen molar-refractivity contribution in [2.24, 2.45) is 11.0 Å². The van der Waals surface area contributed by atoms with Gasteiger partial charge in [-0.05, 0) is 49.4 Å². The third-order valence-electron chi connectivity index (χ3n) is 4.70. The number of anilines is 2. The van der Waals surface area contributed by atoms with E-state index in [1.165, 1.54) is 11.1 Å². The van der Waals surface area contributed by atoms with E-state index in [0.29, 0.717) is 17.1 Å². The van der Waals surface area contributed by atoms with Crippen LogP contribution in [-0.2, 0) is 14.4 Å². The average molecular weight is 467 g/mol. The van der Waals surface area contributed by atoms with Crippen LogP contribution in [0.5, 0.6) is 0 Å². The molecule has 2 aliphatic heterocycles. The maximum Gasteiger partial charge on any atom is 0.335 e. The van der Waals surface area contributed by atoms with Crippen molar-refractivity contribution in [3.05, 3.63) is 70.7 Å². The van der Waals surface area contributed by atoms with Crippen molar-refractivity contribution in [1.29, 1.82) is 0 Å². The molecule has 0 aliphatic carbocycles. The van der Waals surface area contributed by atoms with E-state index < -0.39 is 23.8 Å². The number of hydrogen-bond donors (Lipinski definition) is 1. The third-order valence-corrected chi connectivity index (χ3v) is 5.23. The van der Waals surface area contributed by atoms with Crippen LogP contribution in [0, 0.1) is 5.92 Å². The number of imide groups is 2. The van der Waals surface area contributed by atoms with Gasteiger partial charge >= 0.3 is 6.03 Å². The lowest BCUT2D eigenvalue weighted by molar-refractivity contribution is -0.122. The summed E-state index contributed by atoms with van der Waals surface area (Å²) in [7, 11) is 0. The second kappa shape index (κ2) is 7.68. The molecule has 0 radical (unpaired) electrons. The SMILES string of the molecule is CC1=NN(c2ccccc2)C(=O)C1/C=C1\C(=O)NC(=O)N(c2ccc(Br)cc2)C1=O. The van der Waals surface area contributed by atoms with E-state index in [-0.39, 0.29) is 11.5 Å². The number of hydrazone groups is 1. The Hall–Kier alpha value is -3.59. The van der Waals surface area contributed by atoms with Gasteiger partial charge in [0, 0.05) is 4.47 Å². The van der Waals surface area contributed by atoms with E-state index in [4.69, 9.17) is 0 Å². The van der Waals surface area contributed by atoms with E-state index in [2.05, 4.69) is 26.3 Å². The highest BCUT2D eigenvalue weighted by molar-refractivity contribution is 9.10. The van der Waals surface area contributed by atoms with Crippen LogP contribution in [0.15, 0.2) is 75.8 Å². The molecule has 1 atom stereocenters. The van der Waals surface area contributed by atoms with E-state index >= 15 is 0 Å². The van der Waals surface area contributed by atoms with Gasteiger partial charge in [0.2, 0.25) is 0 Å². The Morgan fingerprint density at radius 3 is 2.30 bits per heavy atom. The summed E-state index contributed by atoms with van der Waals surface area (Å²) in [5, 5.41) is 7.65. The topological polar surface area (TPSA) is 99.2 Å². The van der Waals surface area contributed by atoms with Crippen molar-refractivity contribution in [3.8, 4) is 0 Å². The van der Waals surface area contributed by atoms with E-state index in [1.54, 1.807) is 55.5 Å². The molecule has 1 fully saturated rings. The molecule has 0 bridgehead atoms. The Labute approximate surface area is 180 Å². The van der Waals surface area contributed by atoms with Gasteiger partial charge in [0.15, 0.2) is 0 Å². The van der Waals surface area contributed by atoms with Crippen LogP contribution in [0.25, 0.3) is 0 Å². The zero-order valence-corrected chi connectivity index (χ0v) is 17.3. The zero-order valence-electron chi connectivity index (χ0n) is 15.7. The van der Waals surface area contributed by atoms with Crippen LogP contribution in [-0.4, -0.2) is 29.5 Å². The molecule has 5 amide bonds. The molecule has 8 nitrogen and oxygen atoms in total. The summed E-state index contributed by atoms with van der Waals surface area (Å²) >= 11 is 3.29. The highest BCUT2D eigenvalue weighted by Gasteiger charge is 2.40. The molecule has 150 valence electrons. The summed E-state index contributed by atoms with van der Waals surface area (Å²) in [6.45, 7) is 1.64. The molecule has 0 aromatic heterocycles. The highest BCUT2D eigenvalue weighted by atomic mass is 79.9. The summed E-state index contributed by atoms with van der Waals surface area (Å²) < 4.78 is 0.771. The highest BCUT2D eigenvalue weighted by Crippen LogP contribution is 2.27. The second-order valence-corrected chi connectivity index (χ2v) is 7.58. The Morgan fingerprint density at radius 1 is 0.967 bits per heavy atom. The number of halogens is 1. The van der Waals surface area contributed by atoms with Crippen molar-refractivity contribution in [1.82, 2.24) is 5.32 Å². The predicted molar refractivity (Wildman–Crippen MR) is 114 cm³/mol. The maximum atomic E-state index is 13.0. The molecule has 30 heavy (non-hydrogen) atoms. The summed E-state index contributed by atoms with van der Waals surface area (Å²) in [5.74, 6) is -2.93. The number of hydrogen-bond acceptors (Lipinski definition) is 5. The molecule has 1 N–H and O–H groups in total. The Bertz CT molecular complexity index is 1130. The fraction of sp³-hybridized carbons (Fsp3) is 0.0952. The number of nitrogens with one attached hydrogen (secondary N) is 1. The van der Waals surface area contributed by atoms with Crippen LogP contribution in [0.2, 0.25) is 0 Å². The maximum absolute atomic E-state index is 13.0. The Morgan fingerprint density at radius 2 is 1.63 bits per heavy atom. The van der Waals surface area contributed by atoms with Gasteiger partial charge in [-0.3, -0.25) is 19.7 Å². The monoisotopic (exact) mass is 466 g/mol. The molecule has 2 aromatic rings. The van der Waals surface area contributed by atoms with Gasteiger partial charge in [-0.15, -0.1) is 0 Å². The normalized spacial score (nSPS) is 20.7. The van der Waals surface area contributed by atoms with Gasteiger partial charge in [-0.25, -0.2) is 9.69 Å². The molecule has 1 unspecified atom stereocenters. The molecule has 2 aliphatic rings. The average Bonchev–Trinajstić information content (AvgIpc) is 3.01. The number of barbiturate groups is 1. The van der Waals surface area contributed by atoms with Crippen LogP contribution < -0.4 is 15.2 Å². The summed E-state index contributed by atoms with van der Waals surface area (Å²) in [5.41, 5.74) is 1.02. The first kappa shape index (κ1) is 19.7. The largest absolute Gasteiger partial charge is 0.335 e. The fourth-order valence-electron chi connectivity index (χ4n) is 3.19. The molecular formula is C21H15BrN4O4. The molecular weight excluding hydrogens is 452 g/mol. The molecule has 2 heterocycles. The van der Waals surface area contributed by atoms with E-state index in [0.717, 1.165) is 9.37 Å². The van der Waals surface area contributed by atoms with Crippen molar-refractivity contribution in [2.45, 2.75) is 6.92 Å². The van der Waals surface area contributed by atoms with Crippen molar-refractivity contribution >= 4 is 56.8 Å². The summed E-state index contributed by atoms with van der Waals surface area (Å²) in [6, 6.07) is 14.5. The van der Waals surface area contributed by atoms with E-state index in [1.807, 2.05) is 6.07 Å². The number of urea groups is 1. The Kier molecular flexibility index (Phi) is 5.04. The second-order valence-electron chi connectivity index (χ2n) is 6.66. The van der Waals surface area contributed by atoms with Crippen molar-refractivity contribution in [2.75, 3.05) is 9.91 Å². The molecule has 9 heteroatoms. The summed E-state index contributed by atoms with van der Waals surface area (Å²) in [4.78, 5) is 51.4. The van der Waals surface area contributed by atoms with Gasteiger partial charge in [-0.2, -0.15) is 10.1 Å². The number of carbonyl (C=O) groups excluding carboxylic acids is 4. The number of para-hydroxylation sites is 1. The lowest BCUT2D eigenvalue weighted by Crippen LogP contribution is -2.54. The number of amides is 5. The molecule has 0 spiro atoms. The first-order valence-corrected chi connectivity index (χ1v) is 9.77. The van der Waals surface area contributed by atoms with Gasteiger partial charge in [0.1, 0.15) is 5.57 Å². The lowest BCUT2D eigenvalue weighted by Gasteiger charge is -2.26. The first-order chi connectivity index (χ1) is 14.4. The zero-order chi connectivity index (χ0) is 21.4. The van der Waals surface area contributed by atoms with Crippen LogP contribution in [0.4, 0.5) is 16.2 Å². The van der Waals surface area contributed by atoms with Gasteiger partial charge in [0.05, 0.1) is 23.0 Å². The van der Waals surface area contributed by atoms with Crippen LogP contribution in [0.3, 0.4) is 0 Å². The molecule has 2 aromatic carbocycles. The third kappa shape index (κ3) is 3.43. The number of rotatable bonds is 3. The Balaban J connectivity index is 1.67. The van der Waals surface area contributed by atoms with Crippen LogP contribution >= 0.6 is 15.9 Å². The van der Waals surface area contributed by atoms with Gasteiger partial charge in [-0.1, -0.05) is 34.1 Å². The number of benzene rings is 2. The van der Waals surface area contributed by atoms with E-state index in [9.17, 15) is 19.2 Å². The molecule has 4 rings (SSSR count). The minimum Gasteiger partial charge on any atom is -0.273 e. The standard InChI is InChI=1S/C21H15BrN4O4/c1-12-16(20(29)26(24-12)15-5-3-2-4-6-15)11-17-18(27)23-21(30)25(19(17)28)14-9-7-13(22)8-10-14/h2-11,16H,1H3,(H,23,27,30)/b17-11+. The quantitative estimate of drug-likeness (QED) is 0.554. The number of nitrogens with zero attached hydrogens (tertiary/aromatic N) is 3. The van der Waals surface area contributed by atoms with Gasteiger partial charge < -0.3 is 0 Å². The fourth-order valence-corrected chi connectivity index (χ4v) is 3.46. The van der Waals surface area contributed by atoms with Gasteiger partial charge in [0.25, 0.3) is 17.7 Å². The minimum atomic E-state index is -0.894. The minimum absolute atomic E-state index is 0.291. The summed E-state index contributed by atoms with van der Waals surface area (Å²) in [6.07, 6.45) is 1.26. The predicted octanol–water partition coefficient (Wildman–Crippen LogP) is 3.00. The first-order valence-electron chi connectivity index (χ1n) is 8.98.